The summed E-state index contributed by atoms with van der Waals surface area (Å²) in [5, 5.41) is 0. The van der Waals surface area contributed by atoms with Crippen LogP contribution in [0.15, 0.2) is 170 Å². The van der Waals surface area contributed by atoms with Crippen LogP contribution in [0.3, 0.4) is 0 Å². The summed E-state index contributed by atoms with van der Waals surface area (Å²) in [5.74, 6) is -1.04. The van der Waals surface area contributed by atoms with E-state index in [2.05, 4.69) is 179 Å². The molecule has 0 saturated carbocycles. The van der Waals surface area contributed by atoms with Crippen LogP contribution in [0.1, 0.15) is 252 Å². The van der Waals surface area contributed by atoms with Crippen LogP contribution in [-0.2, 0) is 28.6 Å². The molecule has 6 heteroatoms. The van der Waals surface area contributed by atoms with E-state index in [1.165, 1.54) is 57.8 Å². The molecule has 6 nitrogen and oxygen atoms in total. The van der Waals surface area contributed by atoms with Crippen molar-refractivity contribution in [2.75, 3.05) is 13.2 Å². The highest BCUT2D eigenvalue weighted by molar-refractivity contribution is 5.71. The highest BCUT2D eigenvalue weighted by atomic mass is 16.6. The summed E-state index contributed by atoms with van der Waals surface area (Å²) in [4.78, 5) is 38.3. The third-order valence-corrected chi connectivity index (χ3v) is 12.7. The van der Waals surface area contributed by atoms with Gasteiger partial charge < -0.3 is 14.2 Å². The number of hydrogen-bond acceptors (Lipinski definition) is 6. The molecule has 0 fully saturated rings. The van der Waals surface area contributed by atoms with Crippen molar-refractivity contribution >= 4 is 17.9 Å². The molecule has 0 aliphatic carbocycles. The second-order valence-electron chi connectivity index (χ2n) is 20.2. The Kier molecular flexibility index (Phi) is 61.0. The molecule has 0 aliphatic heterocycles. The average Bonchev–Trinajstić information content (AvgIpc) is 3.45. The maximum atomic E-state index is 12.9. The van der Waals surface area contributed by atoms with E-state index in [1.54, 1.807) is 0 Å². The number of carbonyl (C=O) groups excluding carboxylic acids is 3. The fraction of sp³-hybridized carbons (Fsp3) is 0.575. The van der Waals surface area contributed by atoms with Crippen LogP contribution in [0.4, 0.5) is 0 Å². The average molecular weight is 1090 g/mol. The Morgan fingerprint density at radius 1 is 0.266 bits per heavy atom. The predicted octanol–water partition coefficient (Wildman–Crippen LogP) is 21.9. The molecule has 1 unspecified atom stereocenters. The van der Waals surface area contributed by atoms with Crippen molar-refractivity contribution in [1.82, 2.24) is 0 Å². The first kappa shape index (κ1) is 73.8. The van der Waals surface area contributed by atoms with E-state index in [1.807, 2.05) is 12.2 Å². The lowest BCUT2D eigenvalue weighted by atomic mass is 10.1. The minimum Gasteiger partial charge on any atom is -0.462 e. The predicted molar refractivity (Wildman–Crippen MR) is 343 cm³/mol. The van der Waals surface area contributed by atoms with Gasteiger partial charge in [0.1, 0.15) is 13.2 Å². The zero-order valence-corrected chi connectivity index (χ0v) is 50.6. The van der Waals surface area contributed by atoms with E-state index in [-0.39, 0.29) is 31.6 Å². The van der Waals surface area contributed by atoms with Gasteiger partial charge in [0.2, 0.25) is 0 Å². The Labute approximate surface area is 485 Å². The Morgan fingerprint density at radius 3 is 0.823 bits per heavy atom. The highest BCUT2D eigenvalue weighted by Gasteiger charge is 2.19. The molecule has 0 heterocycles. The Bertz CT molecular complexity index is 1820. The fourth-order valence-corrected chi connectivity index (χ4v) is 8.03. The Balaban J connectivity index is 4.50. The lowest BCUT2D eigenvalue weighted by Crippen LogP contribution is -2.30. The van der Waals surface area contributed by atoms with Crippen LogP contribution < -0.4 is 0 Å². The maximum absolute atomic E-state index is 12.9. The fourth-order valence-electron chi connectivity index (χ4n) is 8.03. The maximum Gasteiger partial charge on any atom is 0.306 e. The summed E-state index contributed by atoms with van der Waals surface area (Å²) >= 11 is 0. The lowest BCUT2D eigenvalue weighted by Gasteiger charge is -2.18. The Morgan fingerprint density at radius 2 is 0.519 bits per heavy atom. The van der Waals surface area contributed by atoms with Crippen molar-refractivity contribution in [3.8, 4) is 0 Å². The quantitative estimate of drug-likeness (QED) is 0.0261. The standard InChI is InChI=1S/C73H114O6/c1-4-7-10-13-16-19-22-25-28-30-32-33-34-35-36-37-38-39-41-42-45-48-51-54-57-60-63-66-72(75)78-69-70(68-77-71(74)65-62-59-56-53-50-47-44-27-24-21-18-15-12-9-6-3)79-73(76)67-64-61-58-55-52-49-46-43-40-31-29-26-23-20-17-14-11-8-5-2/h7-8,10-11,16-21,25-29,32-33,35-36,38-40,43-44,49,52,58,61,70H,4-6,9,12-15,22-24,30-31,34,37,41-42,45-48,50-51,53-57,59-60,62-69H2,1-3H3/b10-7-,11-8-,19-16-,20-17-,21-18-,28-25-,29-26-,33-32-,36-35-,39-38-,43-40-,44-27-,52-49-,61-58-. The van der Waals surface area contributed by atoms with E-state index in [0.717, 1.165) is 148 Å². The van der Waals surface area contributed by atoms with Crippen LogP contribution >= 0.6 is 0 Å². The molecule has 0 aromatic carbocycles. The minimum absolute atomic E-state index is 0.125. The SMILES string of the molecule is CC/C=C\C/C=C\C/C=C\C/C=C\C/C=C\C/C=C\CCCCCCCCCCC(=O)OCC(COC(=O)CCCCCCC/C=C\C/C=C\CCCCC)OC(=O)CC/C=C\C/C=C\C/C=C\C/C=C\C/C=C\C/C=C\CC. The van der Waals surface area contributed by atoms with Crippen molar-refractivity contribution in [2.45, 2.75) is 258 Å². The van der Waals surface area contributed by atoms with E-state index < -0.39 is 12.1 Å². The number of rotatable bonds is 55. The smallest absolute Gasteiger partial charge is 0.306 e. The largest absolute Gasteiger partial charge is 0.462 e. The molecule has 442 valence electrons. The number of unbranched alkanes of at least 4 members (excludes halogenated alkanes) is 16. The second kappa shape index (κ2) is 65.3. The van der Waals surface area contributed by atoms with Gasteiger partial charge in [0.05, 0.1) is 0 Å². The van der Waals surface area contributed by atoms with Crippen molar-refractivity contribution in [3.63, 3.8) is 0 Å². The van der Waals surface area contributed by atoms with Crippen LogP contribution in [0.5, 0.6) is 0 Å². The molecule has 0 bridgehead atoms. The molecule has 79 heavy (non-hydrogen) atoms. The minimum atomic E-state index is -0.838. The van der Waals surface area contributed by atoms with Crippen LogP contribution in [0.2, 0.25) is 0 Å². The van der Waals surface area contributed by atoms with E-state index in [4.69, 9.17) is 14.2 Å². The molecular formula is C73H114O6. The number of allylic oxidation sites excluding steroid dienone is 28. The molecule has 1 atom stereocenters. The van der Waals surface area contributed by atoms with Crippen molar-refractivity contribution in [2.24, 2.45) is 0 Å². The first-order chi connectivity index (χ1) is 39.0. The monoisotopic (exact) mass is 1090 g/mol. The summed E-state index contributed by atoms with van der Waals surface area (Å²) in [6.45, 7) is 6.30. The zero-order valence-electron chi connectivity index (χ0n) is 50.6. The molecule has 0 saturated heterocycles. The van der Waals surface area contributed by atoms with E-state index >= 15 is 0 Å². The number of ether oxygens (including phenoxy) is 3. The van der Waals surface area contributed by atoms with E-state index in [0.29, 0.717) is 19.3 Å². The van der Waals surface area contributed by atoms with Crippen LogP contribution in [0.25, 0.3) is 0 Å². The lowest BCUT2D eigenvalue weighted by molar-refractivity contribution is -0.166. The molecule has 0 aromatic heterocycles. The number of esters is 3. The van der Waals surface area contributed by atoms with Crippen molar-refractivity contribution in [3.05, 3.63) is 170 Å². The molecule has 0 aliphatic rings. The third kappa shape index (κ3) is 63.5. The Hall–Kier alpha value is -5.23. The van der Waals surface area contributed by atoms with Crippen molar-refractivity contribution < 1.29 is 28.6 Å². The molecular weight excluding hydrogens is 973 g/mol. The van der Waals surface area contributed by atoms with E-state index in [9.17, 15) is 14.4 Å². The second-order valence-corrected chi connectivity index (χ2v) is 20.2. The summed E-state index contributed by atoms with van der Waals surface area (Å²) in [6, 6.07) is 0. The zero-order chi connectivity index (χ0) is 57.1. The van der Waals surface area contributed by atoms with Gasteiger partial charge in [-0.1, -0.05) is 262 Å². The normalized spacial score (nSPS) is 13.3. The number of hydrogen-bond donors (Lipinski definition) is 0. The third-order valence-electron chi connectivity index (χ3n) is 12.7. The van der Waals surface area contributed by atoms with Crippen molar-refractivity contribution in [1.29, 1.82) is 0 Å². The van der Waals surface area contributed by atoms with Crippen LogP contribution in [-0.4, -0.2) is 37.2 Å². The van der Waals surface area contributed by atoms with Gasteiger partial charge in [-0.3, -0.25) is 14.4 Å². The summed E-state index contributed by atoms with van der Waals surface area (Å²) in [7, 11) is 0. The molecule has 0 radical (unpaired) electrons. The van der Waals surface area contributed by atoms with Gasteiger partial charge in [-0.15, -0.1) is 0 Å². The topological polar surface area (TPSA) is 78.9 Å². The molecule has 0 N–H and O–H groups in total. The highest BCUT2D eigenvalue weighted by Crippen LogP contribution is 2.13. The van der Waals surface area contributed by atoms with Gasteiger partial charge in [0.15, 0.2) is 6.10 Å². The molecule has 0 spiro atoms. The van der Waals surface area contributed by atoms with Crippen LogP contribution in [0, 0.1) is 0 Å². The van der Waals surface area contributed by atoms with Gasteiger partial charge in [-0.25, -0.2) is 0 Å². The first-order valence-corrected chi connectivity index (χ1v) is 31.6. The van der Waals surface area contributed by atoms with Gasteiger partial charge in [0.25, 0.3) is 0 Å². The van der Waals surface area contributed by atoms with Gasteiger partial charge in [-0.2, -0.15) is 0 Å². The number of carbonyl (C=O) groups is 3. The van der Waals surface area contributed by atoms with Gasteiger partial charge in [0, 0.05) is 19.3 Å². The summed E-state index contributed by atoms with van der Waals surface area (Å²) in [5.41, 5.74) is 0. The first-order valence-electron chi connectivity index (χ1n) is 31.6. The van der Waals surface area contributed by atoms with Gasteiger partial charge >= 0.3 is 17.9 Å². The molecule has 0 amide bonds. The molecule has 0 rings (SSSR count). The molecule has 0 aromatic rings. The van der Waals surface area contributed by atoms with Gasteiger partial charge in [-0.05, 0) is 141 Å². The summed E-state index contributed by atoms with van der Waals surface area (Å²) < 4.78 is 16.8. The summed E-state index contributed by atoms with van der Waals surface area (Å²) in [6.07, 6.45) is 96.5.